The normalized spacial score (nSPS) is 11.6. The lowest BCUT2D eigenvalue weighted by Gasteiger charge is -2.31. The van der Waals surface area contributed by atoms with Crippen molar-refractivity contribution < 1.29 is 18.3 Å². The third-order valence-corrected chi connectivity index (χ3v) is 3.17. The summed E-state index contributed by atoms with van der Waals surface area (Å²) in [5.74, 6) is -0.305. The van der Waals surface area contributed by atoms with Crippen molar-refractivity contribution in [2.24, 2.45) is 5.73 Å². The van der Waals surface area contributed by atoms with Crippen molar-refractivity contribution in [1.82, 2.24) is 5.32 Å². The van der Waals surface area contributed by atoms with Crippen LogP contribution in [0.1, 0.15) is 33.1 Å². The quantitative estimate of drug-likeness (QED) is 0.498. The average Bonchev–Trinajstić information content (AvgIpc) is 2.31. The van der Waals surface area contributed by atoms with E-state index in [-0.39, 0.29) is 23.9 Å². The second-order valence-electron chi connectivity index (χ2n) is 3.92. The molecule has 0 aromatic rings. The summed E-state index contributed by atoms with van der Waals surface area (Å²) in [4.78, 5) is 11.9. The molecule has 1 amide bonds. The molecule has 0 saturated heterocycles. The molecule has 0 aliphatic carbocycles. The Labute approximate surface area is 111 Å². The van der Waals surface area contributed by atoms with Gasteiger partial charge in [0, 0.05) is 6.42 Å². The van der Waals surface area contributed by atoms with Gasteiger partial charge in [-0.05, 0) is 12.8 Å². The molecule has 0 spiro atoms. The second-order valence-corrected chi connectivity index (χ2v) is 4.36. The number of hydrogen-bond donors (Lipinski definition) is 2. The van der Waals surface area contributed by atoms with Crippen LogP contribution in [-0.4, -0.2) is 36.1 Å². The summed E-state index contributed by atoms with van der Waals surface area (Å²) in [6.07, 6.45) is -1.34. The van der Waals surface area contributed by atoms with E-state index in [1.165, 1.54) is 0 Å². The Kier molecular flexibility index (Phi) is 7.93. The molecule has 0 fully saturated rings. The molecule has 3 N–H and O–H groups in total. The van der Waals surface area contributed by atoms with Crippen molar-refractivity contribution in [1.29, 1.82) is 0 Å². The van der Waals surface area contributed by atoms with E-state index in [1.54, 1.807) is 0 Å². The molecule has 7 heteroatoms. The molecule has 4 nitrogen and oxygen atoms in total. The van der Waals surface area contributed by atoms with Gasteiger partial charge in [0.2, 0.25) is 5.91 Å². The number of thiocarbonyl (C=S) groups is 1. The Bertz CT molecular complexity index is 284. The third-order valence-electron chi connectivity index (χ3n) is 2.77. The largest absolute Gasteiger partial charge is 0.391 e. The van der Waals surface area contributed by atoms with Crippen LogP contribution < -0.4 is 11.1 Å². The average molecular weight is 282 g/mol. The van der Waals surface area contributed by atoms with Crippen LogP contribution in [0.4, 0.5) is 8.78 Å². The fraction of sp³-hybridized carbons (Fsp3) is 0.818. The summed E-state index contributed by atoms with van der Waals surface area (Å²) < 4.78 is 28.2. The first-order valence-corrected chi connectivity index (χ1v) is 6.25. The third kappa shape index (κ3) is 5.68. The van der Waals surface area contributed by atoms with Crippen LogP contribution in [0.2, 0.25) is 0 Å². The predicted molar refractivity (Wildman–Crippen MR) is 69.7 cm³/mol. The van der Waals surface area contributed by atoms with Crippen molar-refractivity contribution in [3.63, 3.8) is 0 Å². The Balaban J connectivity index is 4.16. The first kappa shape index (κ1) is 17.2. The number of amides is 1. The highest BCUT2D eigenvalue weighted by Crippen LogP contribution is 2.15. The summed E-state index contributed by atoms with van der Waals surface area (Å²) >= 11 is 4.95. The maximum absolute atomic E-state index is 11.8. The van der Waals surface area contributed by atoms with Crippen molar-refractivity contribution >= 4 is 23.1 Å². The summed E-state index contributed by atoms with van der Waals surface area (Å²) in [7, 11) is 0. The van der Waals surface area contributed by atoms with Gasteiger partial charge in [-0.3, -0.25) is 4.79 Å². The topological polar surface area (TPSA) is 64.3 Å². The maximum Gasteiger partial charge on any atom is 0.261 e. The van der Waals surface area contributed by atoms with Crippen LogP contribution in [0.3, 0.4) is 0 Å². The van der Waals surface area contributed by atoms with Gasteiger partial charge in [-0.15, -0.1) is 0 Å². The zero-order valence-electron chi connectivity index (χ0n) is 10.7. The van der Waals surface area contributed by atoms with Gasteiger partial charge in [0.05, 0.1) is 17.1 Å². The van der Waals surface area contributed by atoms with Crippen LogP contribution in [0.25, 0.3) is 0 Å². The Morgan fingerprint density at radius 2 is 2.00 bits per heavy atom. The monoisotopic (exact) mass is 282 g/mol. The number of hydrogen-bond acceptors (Lipinski definition) is 3. The number of nitrogens with one attached hydrogen (secondary N) is 1. The molecule has 0 aliphatic heterocycles. The molecule has 0 aromatic carbocycles. The Morgan fingerprint density at radius 3 is 2.39 bits per heavy atom. The minimum atomic E-state index is -2.52. The number of alkyl halides is 2. The molecule has 0 rings (SSSR count). The number of rotatable bonds is 9. The van der Waals surface area contributed by atoms with Gasteiger partial charge in [0.15, 0.2) is 0 Å². The van der Waals surface area contributed by atoms with E-state index in [4.69, 9.17) is 18.0 Å². The molecule has 18 heavy (non-hydrogen) atoms. The van der Waals surface area contributed by atoms with E-state index < -0.39 is 18.6 Å². The first-order chi connectivity index (χ1) is 8.38. The Hall–Kier alpha value is -0.820. The lowest BCUT2D eigenvalue weighted by Crippen LogP contribution is -2.56. The minimum absolute atomic E-state index is 0.0110. The minimum Gasteiger partial charge on any atom is -0.391 e. The summed E-state index contributed by atoms with van der Waals surface area (Å²) in [5, 5.41) is 2.74. The standard InChI is InChI=1S/C11H20F2N2O2S/c1-3-11(4-2,10(14)18)15-9(16)5-6-17-7-8(12)13/h8H,3-7H2,1-2H3,(H2,14,18)(H,15,16). The zero-order chi connectivity index (χ0) is 14.2. The highest BCUT2D eigenvalue weighted by Gasteiger charge is 2.30. The number of carbonyl (C=O) groups excluding carboxylic acids is 1. The van der Waals surface area contributed by atoms with E-state index in [1.807, 2.05) is 13.8 Å². The molecule has 0 unspecified atom stereocenters. The van der Waals surface area contributed by atoms with Gasteiger partial charge >= 0.3 is 0 Å². The van der Waals surface area contributed by atoms with Crippen molar-refractivity contribution in [2.75, 3.05) is 13.2 Å². The van der Waals surface area contributed by atoms with Crippen LogP contribution in [0.15, 0.2) is 0 Å². The van der Waals surface area contributed by atoms with Crippen LogP contribution in [0.5, 0.6) is 0 Å². The summed E-state index contributed by atoms with van der Waals surface area (Å²) in [6, 6.07) is 0. The summed E-state index contributed by atoms with van der Waals surface area (Å²) in [6.45, 7) is 3.04. The van der Waals surface area contributed by atoms with E-state index in [2.05, 4.69) is 10.1 Å². The van der Waals surface area contributed by atoms with Gasteiger partial charge in [-0.2, -0.15) is 0 Å². The highest BCUT2D eigenvalue weighted by atomic mass is 32.1. The summed E-state index contributed by atoms with van der Waals surface area (Å²) in [5.41, 5.74) is 4.92. The van der Waals surface area contributed by atoms with E-state index in [9.17, 15) is 13.6 Å². The van der Waals surface area contributed by atoms with E-state index in [0.29, 0.717) is 12.8 Å². The molecular formula is C11H20F2N2O2S. The van der Waals surface area contributed by atoms with E-state index >= 15 is 0 Å². The van der Waals surface area contributed by atoms with Crippen molar-refractivity contribution in [2.45, 2.75) is 45.1 Å². The number of ether oxygens (including phenoxy) is 1. The van der Waals surface area contributed by atoms with E-state index in [0.717, 1.165) is 0 Å². The fourth-order valence-electron chi connectivity index (χ4n) is 1.50. The fourth-order valence-corrected chi connectivity index (χ4v) is 1.84. The predicted octanol–water partition coefficient (Wildman–Crippen LogP) is 1.62. The molecule has 0 saturated carbocycles. The smallest absolute Gasteiger partial charge is 0.261 e. The maximum atomic E-state index is 11.8. The molecular weight excluding hydrogens is 262 g/mol. The van der Waals surface area contributed by atoms with Crippen molar-refractivity contribution in [3.8, 4) is 0 Å². The van der Waals surface area contributed by atoms with Crippen molar-refractivity contribution in [3.05, 3.63) is 0 Å². The van der Waals surface area contributed by atoms with Gasteiger partial charge < -0.3 is 15.8 Å². The van der Waals surface area contributed by atoms with Crippen LogP contribution in [0, 0.1) is 0 Å². The van der Waals surface area contributed by atoms with Gasteiger partial charge in [-0.1, -0.05) is 26.1 Å². The van der Waals surface area contributed by atoms with Gasteiger partial charge in [-0.25, -0.2) is 8.78 Å². The lowest BCUT2D eigenvalue weighted by molar-refractivity contribution is -0.123. The van der Waals surface area contributed by atoms with Crippen LogP contribution >= 0.6 is 12.2 Å². The first-order valence-electron chi connectivity index (χ1n) is 5.84. The zero-order valence-corrected chi connectivity index (χ0v) is 11.5. The Morgan fingerprint density at radius 1 is 1.44 bits per heavy atom. The number of halogens is 2. The number of carbonyl (C=O) groups is 1. The molecule has 0 aliphatic rings. The molecule has 0 atom stereocenters. The molecule has 0 radical (unpaired) electrons. The molecule has 0 heterocycles. The highest BCUT2D eigenvalue weighted by molar-refractivity contribution is 7.80. The number of nitrogens with two attached hydrogens (primary N) is 1. The van der Waals surface area contributed by atoms with Gasteiger partial charge in [0.1, 0.15) is 6.61 Å². The van der Waals surface area contributed by atoms with Gasteiger partial charge in [0.25, 0.3) is 6.43 Å². The molecule has 0 aromatic heterocycles. The van der Waals surface area contributed by atoms with Crippen LogP contribution in [-0.2, 0) is 9.53 Å². The second kappa shape index (κ2) is 8.31. The lowest BCUT2D eigenvalue weighted by atomic mass is 9.92. The SMILES string of the molecule is CCC(CC)(NC(=O)CCOCC(F)F)C(N)=S. The molecule has 0 bridgehead atoms. The molecule has 106 valence electrons.